The Balaban J connectivity index is 4.58. The highest BCUT2D eigenvalue weighted by Crippen LogP contribution is 2.20. The summed E-state index contributed by atoms with van der Waals surface area (Å²) in [5.41, 5.74) is 0. The molecule has 80 valence electrons. The molecular weight excluding hydrogens is 190 g/mol. The molecule has 0 aliphatic heterocycles. The first-order valence-electron chi connectivity index (χ1n) is 5.33. The Bertz CT molecular complexity index is 139. The molecule has 0 spiro atoms. The molecule has 0 N–H and O–H groups in total. The van der Waals surface area contributed by atoms with E-state index in [1.54, 1.807) is 0 Å². The Morgan fingerprint density at radius 2 is 1.15 bits per heavy atom. The van der Waals surface area contributed by atoms with Crippen LogP contribution >= 0.6 is 0 Å². The van der Waals surface area contributed by atoms with Crippen LogP contribution in [-0.2, 0) is 0 Å². The van der Waals surface area contributed by atoms with E-state index in [0.29, 0.717) is 0 Å². The minimum absolute atomic E-state index is 0.804. The van der Waals surface area contributed by atoms with Gasteiger partial charge in [0.15, 0.2) is 0 Å². The molecule has 0 aliphatic rings. The van der Waals surface area contributed by atoms with E-state index in [9.17, 15) is 0 Å². The summed E-state index contributed by atoms with van der Waals surface area (Å²) in [5.74, 6) is 0.804. The quantitative estimate of drug-likeness (QED) is 0.650. The first kappa shape index (κ1) is 13.4. The lowest BCUT2D eigenvalue weighted by Gasteiger charge is -2.44. The molecule has 0 amide bonds. The number of rotatable bonds is 4. The Labute approximate surface area is 86.7 Å². The average molecular weight is 218 g/mol. The zero-order valence-electron chi connectivity index (χ0n) is 10.7. The van der Waals surface area contributed by atoms with Gasteiger partial charge in [0.1, 0.15) is 16.5 Å². The summed E-state index contributed by atoms with van der Waals surface area (Å²) in [7, 11) is -2.18. The van der Waals surface area contributed by atoms with E-state index in [1.807, 2.05) is 0 Å². The topological polar surface area (TPSA) is 3.24 Å². The molecule has 0 aromatic rings. The fraction of sp³-hybridized carbons (Fsp3) is 1.00. The predicted molar refractivity (Wildman–Crippen MR) is 68.2 cm³/mol. The highest BCUT2D eigenvalue weighted by molar-refractivity contribution is 6.89. The molecule has 0 aromatic heterocycles. The van der Waals surface area contributed by atoms with E-state index in [-0.39, 0.29) is 0 Å². The highest BCUT2D eigenvalue weighted by atomic mass is 28.4. The van der Waals surface area contributed by atoms with Crippen molar-refractivity contribution in [2.24, 2.45) is 5.92 Å². The molecule has 0 bridgehead atoms. The first-order chi connectivity index (χ1) is 5.55. The Kier molecular flexibility index (Phi) is 4.41. The van der Waals surface area contributed by atoms with Crippen molar-refractivity contribution in [2.75, 3.05) is 6.54 Å². The second-order valence-corrected chi connectivity index (χ2v) is 16.6. The van der Waals surface area contributed by atoms with Crippen LogP contribution in [0.4, 0.5) is 0 Å². The van der Waals surface area contributed by atoms with Gasteiger partial charge in [0.2, 0.25) is 0 Å². The molecule has 0 aliphatic carbocycles. The van der Waals surface area contributed by atoms with E-state index in [2.05, 4.69) is 57.4 Å². The van der Waals surface area contributed by atoms with E-state index >= 15 is 0 Å². The van der Waals surface area contributed by atoms with Crippen molar-refractivity contribution >= 4 is 16.5 Å². The van der Waals surface area contributed by atoms with Crippen LogP contribution < -0.4 is 0 Å². The van der Waals surface area contributed by atoms with Crippen molar-refractivity contribution in [2.45, 2.75) is 53.1 Å². The van der Waals surface area contributed by atoms with Gasteiger partial charge in [0.25, 0.3) is 0 Å². The zero-order valence-corrected chi connectivity index (χ0v) is 12.7. The summed E-state index contributed by atoms with van der Waals surface area (Å²) in [6.07, 6.45) is 0. The number of nitrogens with zero attached hydrogens (tertiary/aromatic N) is 1. The maximum atomic E-state index is 2.85. The lowest BCUT2D eigenvalue weighted by molar-refractivity contribution is 0.494. The van der Waals surface area contributed by atoms with Gasteiger partial charge in [-0.3, -0.25) is 0 Å². The first-order valence-corrected chi connectivity index (χ1v) is 12.2. The SMILES string of the molecule is CC(C)CN([Si](C)(C)C)[Si](C)(C)C. The lowest BCUT2D eigenvalue weighted by Crippen LogP contribution is -2.60. The third-order valence-electron chi connectivity index (χ3n) is 2.17. The summed E-state index contributed by atoms with van der Waals surface area (Å²) in [6, 6.07) is 0. The van der Waals surface area contributed by atoms with Crippen molar-refractivity contribution in [3.8, 4) is 0 Å². The van der Waals surface area contributed by atoms with Gasteiger partial charge in [-0.05, 0) is 12.5 Å². The van der Waals surface area contributed by atoms with Crippen LogP contribution in [0.5, 0.6) is 0 Å². The second-order valence-electron chi connectivity index (χ2n) is 6.35. The van der Waals surface area contributed by atoms with E-state index in [0.717, 1.165) is 5.92 Å². The van der Waals surface area contributed by atoms with E-state index in [1.165, 1.54) is 6.54 Å². The molecular formula is C10H27NSi2. The van der Waals surface area contributed by atoms with Crippen molar-refractivity contribution in [1.82, 2.24) is 4.23 Å². The fourth-order valence-corrected chi connectivity index (χ4v) is 11.8. The monoisotopic (exact) mass is 217 g/mol. The summed E-state index contributed by atoms with van der Waals surface area (Å²) < 4.78 is 2.85. The molecule has 0 atom stereocenters. The zero-order chi connectivity index (χ0) is 10.9. The van der Waals surface area contributed by atoms with E-state index in [4.69, 9.17) is 0 Å². The molecule has 0 saturated carbocycles. The molecule has 13 heavy (non-hydrogen) atoms. The fourth-order valence-electron chi connectivity index (χ4n) is 1.92. The molecule has 0 fully saturated rings. The van der Waals surface area contributed by atoms with Crippen molar-refractivity contribution in [1.29, 1.82) is 0 Å². The van der Waals surface area contributed by atoms with Gasteiger partial charge in [-0.2, -0.15) is 0 Å². The molecule has 0 heterocycles. The minimum Gasteiger partial charge on any atom is -0.346 e. The summed E-state index contributed by atoms with van der Waals surface area (Å²) in [6.45, 7) is 20.7. The molecule has 3 heteroatoms. The Hall–Kier alpha value is 0.394. The van der Waals surface area contributed by atoms with Crippen LogP contribution in [0.2, 0.25) is 39.3 Å². The van der Waals surface area contributed by atoms with Crippen LogP contribution in [0, 0.1) is 5.92 Å². The highest BCUT2D eigenvalue weighted by Gasteiger charge is 2.34. The van der Waals surface area contributed by atoms with Crippen LogP contribution in [0.15, 0.2) is 0 Å². The van der Waals surface area contributed by atoms with Crippen molar-refractivity contribution < 1.29 is 0 Å². The summed E-state index contributed by atoms with van der Waals surface area (Å²) in [4.78, 5) is 0. The van der Waals surface area contributed by atoms with Gasteiger partial charge in [-0.15, -0.1) is 0 Å². The number of hydrogen-bond donors (Lipinski definition) is 0. The standard InChI is InChI=1S/C10H27NSi2/c1-10(2)9-11(12(3,4)5)13(6,7)8/h10H,9H2,1-8H3. The minimum atomic E-state index is -1.09. The van der Waals surface area contributed by atoms with Gasteiger partial charge in [0, 0.05) is 0 Å². The predicted octanol–water partition coefficient (Wildman–Crippen LogP) is 3.61. The normalized spacial score (nSPS) is 14.3. The molecule has 0 aromatic carbocycles. The Morgan fingerprint density at radius 1 is 0.846 bits per heavy atom. The van der Waals surface area contributed by atoms with Gasteiger partial charge >= 0.3 is 0 Å². The Morgan fingerprint density at radius 3 is 1.23 bits per heavy atom. The molecule has 0 unspecified atom stereocenters. The average Bonchev–Trinajstić information content (AvgIpc) is 1.77. The van der Waals surface area contributed by atoms with Gasteiger partial charge in [-0.1, -0.05) is 53.1 Å². The molecule has 1 nitrogen and oxygen atoms in total. The summed E-state index contributed by atoms with van der Waals surface area (Å²) in [5, 5.41) is 0. The van der Waals surface area contributed by atoms with Crippen LogP contribution in [0.3, 0.4) is 0 Å². The van der Waals surface area contributed by atoms with Crippen LogP contribution in [-0.4, -0.2) is 27.2 Å². The van der Waals surface area contributed by atoms with Gasteiger partial charge in [0.05, 0.1) is 0 Å². The maximum absolute atomic E-state index is 2.85. The summed E-state index contributed by atoms with van der Waals surface area (Å²) >= 11 is 0. The van der Waals surface area contributed by atoms with Crippen LogP contribution in [0.1, 0.15) is 13.8 Å². The molecule has 0 saturated heterocycles. The van der Waals surface area contributed by atoms with Gasteiger partial charge < -0.3 is 4.23 Å². The van der Waals surface area contributed by atoms with Crippen molar-refractivity contribution in [3.63, 3.8) is 0 Å². The third-order valence-corrected chi connectivity index (χ3v) is 9.80. The lowest BCUT2D eigenvalue weighted by atomic mass is 10.2. The van der Waals surface area contributed by atoms with Crippen molar-refractivity contribution in [3.05, 3.63) is 0 Å². The van der Waals surface area contributed by atoms with Gasteiger partial charge in [-0.25, -0.2) is 0 Å². The maximum Gasteiger partial charge on any atom is 0.112 e. The molecule has 0 radical (unpaired) electrons. The third kappa shape index (κ3) is 4.98. The van der Waals surface area contributed by atoms with Crippen LogP contribution in [0.25, 0.3) is 0 Å². The molecule has 0 rings (SSSR count). The number of hydrogen-bond acceptors (Lipinski definition) is 1. The van der Waals surface area contributed by atoms with E-state index < -0.39 is 16.5 Å². The largest absolute Gasteiger partial charge is 0.346 e. The smallest absolute Gasteiger partial charge is 0.112 e. The second kappa shape index (κ2) is 4.28.